The summed E-state index contributed by atoms with van der Waals surface area (Å²) in [6.07, 6.45) is 8.33. The molecule has 4 heteroatoms. The van der Waals surface area contributed by atoms with Crippen LogP contribution < -0.4 is 10.9 Å². The lowest BCUT2D eigenvalue weighted by molar-refractivity contribution is -0.00540. The molecule has 0 unspecified atom stereocenters. The van der Waals surface area contributed by atoms with Gasteiger partial charge in [-0.05, 0) is 63.2 Å². The Morgan fingerprint density at radius 1 is 1.16 bits per heavy atom. The molecule has 4 bridgehead atoms. The molecule has 19 heavy (non-hydrogen) atoms. The van der Waals surface area contributed by atoms with Gasteiger partial charge in [0.1, 0.15) is 0 Å². The van der Waals surface area contributed by atoms with Gasteiger partial charge in [0.05, 0.1) is 5.69 Å². The highest BCUT2D eigenvalue weighted by Crippen LogP contribution is 2.62. The van der Waals surface area contributed by atoms with Gasteiger partial charge in [0.15, 0.2) is 0 Å². The molecule has 0 saturated heterocycles. The molecule has 104 valence electrons. The van der Waals surface area contributed by atoms with Crippen LogP contribution in [0.4, 0.5) is 5.88 Å². The summed E-state index contributed by atoms with van der Waals surface area (Å²) in [5.74, 6) is 9.52. The second-order valence-electron chi connectivity index (χ2n) is 7.26. The lowest BCUT2D eigenvalue weighted by Gasteiger charge is -2.56. The second kappa shape index (κ2) is 3.75. The number of hydrogen-bond donors (Lipinski definition) is 1. The summed E-state index contributed by atoms with van der Waals surface area (Å²) in [4.78, 5) is 0. The van der Waals surface area contributed by atoms with Gasteiger partial charge in [-0.2, -0.15) is 0 Å². The molecule has 0 spiro atoms. The van der Waals surface area contributed by atoms with Crippen molar-refractivity contribution in [2.45, 2.75) is 50.9 Å². The Bertz CT molecular complexity index is 470. The molecule has 1 heterocycles. The minimum Gasteiger partial charge on any atom is -0.337 e. The van der Waals surface area contributed by atoms with Crippen molar-refractivity contribution in [2.75, 3.05) is 12.1 Å². The van der Waals surface area contributed by atoms with Crippen LogP contribution >= 0.6 is 0 Å². The van der Waals surface area contributed by atoms with Crippen LogP contribution in [0.3, 0.4) is 0 Å². The molecule has 0 atom stereocenters. The van der Waals surface area contributed by atoms with E-state index < -0.39 is 0 Å². The number of aromatic nitrogens is 1. The van der Waals surface area contributed by atoms with Crippen molar-refractivity contribution in [3.8, 4) is 0 Å². The van der Waals surface area contributed by atoms with E-state index in [0.717, 1.165) is 29.3 Å². The summed E-state index contributed by atoms with van der Waals surface area (Å²) in [6.45, 7) is 2.07. The van der Waals surface area contributed by atoms with Crippen LogP contribution in [-0.2, 0) is 5.41 Å². The van der Waals surface area contributed by atoms with Gasteiger partial charge in [0.2, 0.25) is 5.88 Å². The quantitative estimate of drug-likeness (QED) is 0.657. The van der Waals surface area contributed by atoms with Crippen molar-refractivity contribution in [3.05, 3.63) is 11.3 Å². The average molecular weight is 261 g/mol. The van der Waals surface area contributed by atoms with Gasteiger partial charge in [-0.15, -0.1) is 0 Å². The fraction of sp³-hybridized carbons (Fsp3) is 0.800. The SMILES string of the molecule is Cc1noc(N(C)N)c1C12CC3CC(CC(C3)C1)C2. The first kappa shape index (κ1) is 11.8. The Kier molecular flexibility index (Phi) is 2.32. The summed E-state index contributed by atoms with van der Waals surface area (Å²) in [7, 11) is 1.85. The van der Waals surface area contributed by atoms with Crippen LogP contribution in [-0.4, -0.2) is 12.2 Å². The number of aryl methyl sites for hydroxylation is 1. The van der Waals surface area contributed by atoms with Crippen molar-refractivity contribution in [1.82, 2.24) is 5.16 Å². The molecule has 2 N–H and O–H groups in total. The minimum atomic E-state index is 0.307. The highest BCUT2D eigenvalue weighted by atomic mass is 16.5. The first-order chi connectivity index (χ1) is 9.07. The molecule has 4 aliphatic rings. The first-order valence-corrected chi connectivity index (χ1v) is 7.52. The van der Waals surface area contributed by atoms with Crippen LogP contribution in [0.15, 0.2) is 4.52 Å². The third-order valence-corrected chi connectivity index (χ3v) is 5.73. The van der Waals surface area contributed by atoms with Crippen LogP contribution in [0.5, 0.6) is 0 Å². The van der Waals surface area contributed by atoms with E-state index in [-0.39, 0.29) is 0 Å². The monoisotopic (exact) mass is 261 g/mol. The molecule has 1 aromatic rings. The Hall–Kier alpha value is -1.03. The topological polar surface area (TPSA) is 55.3 Å². The third-order valence-electron chi connectivity index (χ3n) is 5.73. The predicted molar refractivity (Wildman–Crippen MR) is 73.7 cm³/mol. The van der Waals surface area contributed by atoms with Gasteiger partial charge in [-0.25, -0.2) is 5.84 Å². The smallest absolute Gasteiger partial charge is 0.244 e. The van der Waals surface area contributed by atoms with E-state index in [1.807, 2.05) is 7.05 Å². The summed E-state index contributed by atoms with van der Waals surface area (Å²) < 4.78 is 5.50. The number of rotatable bonds is 2. The standard InChI is InChI=1S/C15H23N3O/c1-9-13(14(18(2)16)19-17-9)15-6-10-3-11(7-15)5-12(4-10)8-15/h10-12H,3-8,16H2,1-2H3. The Morgan fingerprint density at radius 3 is 2.16 bits per heavy atom. The molecule has 4 aliphatic carbocycles. The van der Waals surface area contributed by atoms with Crippen molar-refractivity contribution in [1.29, 1.82) is 0 Å². The fourth-order valence-electron chi connectivity index (χ4n) is 5.63. The van der Waals surface area contributed by atoms with E-state index in [0.29, 0.717) is 5.41 Å². The zero-order valence-electron chi connectivity index (χ0n) is 11.9. The molecule has 0 aliphatic heterocycles. The van der Waals surface area contributed by atoms with Gasteiger partial charge < -0.3 is 4.52 Å². The van der Waals surface area contributed by atoms with Gasteiger partial charge in [-0.1, -0.05) is 5.16 Å². The molecule has 5 rings (SSSR count). The Morgan fingerprint density at radius 2 is 1.68 bits per heavy atom. The van der Waals surface area contributed by atoms with Crippen LogP contribution in [0.25, 0.3) is 0 Å². The van der Waals surface area contributed by atoms with Crippen LogP contribution in [0.1, 0.15) is 49.8 Å². The fourth-order valence-corrected chi connectivity index (χ4v) is 5.63. The summed E-state index contributed by atoms with van der Waals surface area (Å²) in [5, 5.41) is 5.80. The molecule has 4 saturated carbocycles. The van der Waals surface area contributed by atoms with Gasteiger partial charge in [0.25, 0.3) is 0 Å². The molecular formula is C15H23N3O. The average Bonchev–Trinajstić information content (AvgIpc) is 2.70. The number of nitrogens with zero attached hydrogens (tertiary/aromatic N) is 2. The van der Waals surface area contributed by atoms with E-state index in [4.69, 9.17) is 10.4 Å². The van der Waals surface area contributed by atoms with Gasteiger partial charge in [-0.3, -0.25) is 5.01 Å². The normalized spacial score (nSPS) is 39.8. The summed E-state index contributed by atoms with van der Waals surface area (Å²) in [5.41, 5.74) is 2.67. The van der Waals surface area contributed by atoms with E-state index in [1.165, 1.54) is 44.1 Å². The predicted octanol–water partition coefficient (Wildman–Crippen LogP) is 2.76. The highest BCUT2D eigenvalue weighted by Gasteiger charge is 2.54. The van der Waals surface area contributed by atoms with Gasteiger partial charge in [0, 0.05) is 18.0 Å². The number of hydrazine groups is 1. The molecular weight excluding hydrogens is 238 g/mol. The lowest BCUT2D eigenvalue weighted by Crippen LogP contribution is -2.49. The summed E-state index contributed by atoms with van der Waals surface area (Å²) in [6, 6.07) is 0. The zero-order valence-corrected chi connectivity index (χ0v) is 11.9. The largest absolute Gasteiger partial charge is 0.337 e. The zero-order chi connectivity index (χ0) is 13.2. The van der Waals surface area contributed by atoms with Crippen molar-refractivity contribution >= 4 is 5.88 Å². The molecule has 0 radical (unpaired) electrons. The second-order valence-corrected chi connectivity index (χ2v) is 7.26. The van der Waals surface area contributed by atoms with E-state index in [1.54, 1.807) is 5.01 Å². The third kappa shape index (κ3) is 1.59. The number of nitrogens with two attached hydrogens (primary N) is 1. The molecule has 4 nitrogen and oxygen atoms in total. The first-order valence-electron chi connectivity index (χ1n) is 7.52. The van der Waals surface area contributed by atoms with E-state index in [9.17, 15) is 0 Å². The maximum absolute atomic E-state index is 5.95. The van der Waals surface area contributed by atoms with Crippen molar-refractivity contribution in [3.63, 3.8) is 0 Å². The highest BCUT2D eigenvalue weighted by molar-refractivity contribution is 5.50. The van der Waals surface area contributed by atoms with Crippen LogP contribution in [0, 0.1) is 24.7 Å². The Balaban J connectivity index is 1.81. The maximum Gasteiger partial charge on any atom is 0.244 e. The summed E-state index contributed by atoms with van der Waals surface area (Å²) >= 11 is 0. The van der Waals surface area contributed by atoms with Crippen molar-refractivity contribution in [2.24, 2.45) is 23.6 Å². The lowest BCUT2D eigenvalue weighted by atomic mass is 9.48. The van der Waals surface area contributed by atoms with Crippen LogP contribution in [0.2, 0.25) is 0 Å². The maximum atomic E-state index is 5.95. The number of hydrogen-bond acceptors (Lipinski definition) is 4. The van der Waals surface area contributed by atoms with E-state index >= 15 is 0 Å². The minimum absolute atomic E-state index is 0.307. The molecule has 4 fully saturated rings. The molecule has 0 amide bonds. The molecule has 1 aromatic heterocycles. The number of anilines is 1. The Labute approximate surface area is 114 Å². The van der Waals surface area contributed by atoms with Gasteiger partial charge >= 0.3 is 0 Å². The van der Waals surface area contributed by atoms with Crippen molar-refractivity contribution < 1.29 is 4.52 Å². The van der Waals surface area contributed by atoms with E-state index in [2.05, 4.69) is 12.1 Å². The molecule has 0 aromatic carbocycles.